The van der Waals surface area contributed by atoms with Crippen LogP contribution in [0.15, 0.2) is 82.5 Å². The van der Waals surface area contributed by atoms with Gasteiger partial charge in [-0.15, -0.1) is 11.3 Å². The number of hydrogen-bond acceptors (Lipinski definition) is 6. The van der Waals surface area contributed by atoms with Crippen LogP contribution in [0, 0.1) is 0 Å². The number of anilines is 1. The van der Waals surface area contributed by atoms with Crippen molar-refractivity contribution in [1.82, 2.24) is 9.66 Å². The number of fused-ring (bicyclic) bond motifs is 1. The van der Waals surface area contributed by atoms with Gasteiger partial charge in [-0.3, -0.25) is 9.78 Å². The standard InChI is InChI=1S/C23H16ClN5O2S/c24-17-2-4-18(5-3-17)27-23-29(26-12-15-7-9-25-10-8-15)20(14-32-23)16-1-6-21-19(11-16)28-22(30)13-31-21/h1-12,14H,13H2,(H,28,30). The molecule has 3 heterocycles. The minimum absolute atomic E-state index is 0.0190. The molecule has 0 radical (unpaired) electrons. The Morgan fingerprint density at radius 1 is 1.12 bits per heavy atom. The summed E-state index contributed by atoms with van der Waals surface area (Å²) in [5, 5.41) is 10.2. The largest absolute Gasteiger partial charge is 0.482 e. The molecule has 2 aromatic heterocycles. The first kappa shape index (κ1) is 20.2. The Labute approximate surface area is 192 Å². The van der Waals surface area contributed by atoms with Crippen LogP contribution >= 0.6 is 22.9 Å². The van der Waals surface area contributed by atoms with Crippen LogP contribution in [-0.4, -0.2) is 28.4 Å². The highest BCUT2D eigenvalue weighted by atomic mass is 35.5. The molecule has 5 rings (SSSR count). The van der Waals surface area contributed by atoms with E-state index in [0.717, 1.165) is 22.5 Å². The fourth-order valence-electron chi connectivity index (χ4n) is 3.13. The highest BCUT2D eigenvalue weighted by Crippen LogP contribution is 2.33. The van der Waals surface area contributed by atoms with E-state index in [2.05, 4.69) is 15.4 Å². The molecule has 0 bridgehead atoms. The molecule has 0 saturated heterocycles. The predicted molar refractivity (Wildman–Crippen MR) is 126 cm³/mol. The van der Waals surface area contributed by atoms with Crippen molar-refractivity contribution in [2.45, 2.75) is 0 Å². The number of pyridine rings is 1. The van der Waals surface area contributed by atoms with E-state index in [-0.39, 0.29) is 12.5 Å². The summed E-state index contributed by atoms with van der Waals surface area (Å²) in [6, 6.07) is 16.7. The first-order valence-corrected chi connectivity index (χ1v) is 10.9. The average Bonchev–Trinajstić information content (AvgIpc) is 3.21. The molecule has 4 aromatic rings. The number of halogens is 1. The zero-order valence-electron chi connectivity index (χ0n) is 16.6. The normalized spacial score (nSPS) is 13.7. The predicted octanol–water partition coefficient (Wildman–Crippen LogP) is 4.71. The molecule has 158 valence electrons. The Balaban J connectivity index is 1.62. The molecule has 1 aliphatic heterocycles. The van der Waals surface area contributed by atoms with Gasteiger partial charge in [-0.05, 0) is 60.2 Å². The van der Waals surface area contributed by atoms with Crippen molar-refractivity contribution in [3.05, 3.63) is 87.8 Å². The maximum absolute atomic E-state index is 11.7. The molecule has 0 atom stereocenters. The van der Waals surface area contributed by atoms with Crippen LogP contribution in [0.4, 0.5) is 11.4 Å². The number of carbonyl (C=O) groups is 1. The molecule has 0 saturated carbocycles. The first-order chi connectivity index (χ1) is 15.7. The molecule has 1 amide bonds. The first-order valence-electron chi connectivity index (χ1n) is 9.68. The van der Waals surface area contributed by atoms with Crippen LogP contribution in [0.5, 0.6) is 5.75 Å². The summed E-state index contributed by atoms with van der Waals surface area (Å²) in [7, 11) is 0. The van der Waals surface area contributed by atoms with Gasteiger partial charge in [-0.25, -0.2) is 9.67 Å². The molecule has 1 aliphatic rings. The Morgan fingerprint density at radius 3 is 2.75 bits per heavy atom. The van der Waals surface area contributed by atoms with Crippen LogP contribution < -0.4 is 14.9 Å². The van der Waals surface area contributed by atoms with Gasteiger partial charge in [0.15, 0.2) is 6.61 Å². The number of nitrogens with zero attached hydrogens (tertiary/aromatic N) is 4. The van der Waals surface area contributed by atoms with Gasteiger partial charge in [-0.2, -0.15) is 5.10 Å². The number of hydrogen-bond donors (Lipinski definition) is 1. The summed E-state index contributed by atoms with van der Waals surface area (Å²) in [6.07, 6.45) is 5.18. The second kappa shape index (κ2) is 8.78. The second-order valence-electron chi connectivity index (χ2n) is 6.88. The van der Waals surface area contributed by atoms with E-state index in [1.54, 1.807) is 35.4 Å². The number of benzene rings is 2. The summed E-state index contributed by atoms with van der Waals surface area (Å²) in [5.74, 6) is 0.462. The number of aromatic nitrogens is 2. The minimum atomic E-state index is -0.179. The van der Waals surface area contributed by atoms with Crippen molar-refractivity contribution >= 4 is 46.4 Å². The minimum Gasteiger partial charge on any atom is -0.482 e. The summed E-state index contributed by atoms with van der Waals surface area (Å²) in [6.45, 7) is 0.0190. The van der Waals surface area contributed by atoms with Gasteiger partial charge in [0.2, 0.25) is 4.80 Å². The lowest BCUT2D eigenvalue weighted by Gasteiger charge is -2.18. The van der Waals surface area contributed by atoms with E-state index in [1.165, 1.54) is 11.3 Å². The number of amides is 1. The van der Waals surface area contributed by atoms with Gasteiger partial charge in [0.25, 0.3) is 5.91 Å². The topological polar surface area (TPSA) is 80.9 Å². The average molecular weight is 462 g/mol. The molecule has 0 fully saturated rings. The second-order valence-corrected chi connectivity index (χ2v) is 8.15. The molecular formula is C23H16ClN5O2S. The highest BCUT2D eigenvalue weighted by Gasteiger charge is 2.17. The smallest absolute Gasteiger partial charge is 0.262 e. The fourth-order valence-corrected chi connectivity index (χ4v) is 4.11. The lowest BCUT2D eigenvalue weighted by molar-refractivity contribution is -0.118. The summed E-state index contributed by atoms with van der Waals surface area (Å²) in [4.78, 5) is 21.2. The van der Waals surface area contributed by atoms with Crippen molar-refractivity contribution in [3.8, 4) is 17.0 Å². The molecule has 2 aromatic carbocycles. The van der Waals surface area contributed by atoms with E-state index in [1.807, 2.05) is 47.8 Å². The van der Waals surface area contributed by atoms with Crippen LogP contribution in [0.1, 0.15) is 5.56 Å². The maximum atomic E-state index is 11.7. The summed E-state index contributed by atoms with van der Waals surface area (Å²) in [5.41, 5.74) is 4.01. The quantitative estimate of drug-likeness (QED) is 0.447. The number of nitrogens with one attached hydrogen (secondary N) is 1. The van der Waals surface area contributed by atoms with Gasteiger partial charge in [0.1, 0.15) is 5.75 Å². The van der Waals surface area contributed by atoms with Crippen molar-refractivity contribution in [1.29, 1.82) is 0 Å². The lowest BCUT2D eigenvalue weighted by atomic mass is 10.1. The molecule has 1 N–H and O–H groups in total. The van der Waals surface area contributed by atoms with Gasteiger partial charge >= 0.3 is 0 Å². The molecule has 0 aliphatic carbocycles. The van der Waals surface area contributed by atoms with Crippen LogP contribution in [0.3, 0.4) is 0 Å². The SMILES string of the molecule is O=C1COc2ccc(-c3csc(=Nc4ccc(Cl)cc4)n3N=Cc3ccncc3)cc2N1. The third-order valence-corrected chi connectivity index (χ3v) is 5.74. The number of thiazole rings is 1. The molecule has 32 heavy (non-hydrogen) atoms. The maximum Gasteiger partial charge on any atom is 0.262 e. The fraction of sp³-hybridized carbons (Fsp3) is 0.0435. The van der Waals surface area contributed by atoms with Gasteiger partial charge in [0, 0.05) is 28.4 Å². The van der Waals surface area contributed by atoms with Crippen molar-refractivity contribution in [3.63, 3.8) is 0 Å². The number of carbonyl (C=O) groups excluding carboxylic acids is 1. The van der Waals surface area contributed by atoms with E-state index < -0.39 is 0 Å². The van der Waals surface area contributed by atoms with Crippen molar-refractivity contribution in [2.75, 3.05) is 11.9 Å². The van der Waals surface area contributed by atoms with Gasteiger partial charge < -0.3 is 10.1 Å². The Kier molecular flexibility index (Phi) is 5.53. The zero-order valence-corrected chi connectivity index (χ0v) is 18.2. The highest BCUT2D eigenvalue weighted by molar-refractivity contribution is 7.07. The van der Waals surface area contributed by atoms with Gasteiger partial charge in [-0.1, -0.05) is 11.6 Å². The third-order valence-electron chi connectivity index (χ3n) is 4.67. The number of rotatable bonds is 4. The van der Waals surface area contributed by atoms with E-state index in [4.69, 9.17) is 21.3 Å². The van der Waals surface area contributed by atoms with Crippen LogP contribution in [0.2, 0.25) is 5.02 Å². The molecular weight excluding hydrogens is 446 g/mol. The van der Waals surface area contributed by atoms with E-state index >= 15 is 0 Å². The summed E-state index contributed by atoms with van der Waals surface area (Å²) < 4.78 is 7.25. The lowest BCUT2D eigenvalue weighted by Crippen LogP contribution is -2.25. The van der Waals surface area contributed by atoms with Crippen LogP contribution in [0.25, 0.3) is 11.3 Å². The van der Waals surface area contributed by atoms with Crippen molar-refractivity contribution in [2.24, 2.45) is 10.1 Å². The Hall–Kier alpha value is -3.75. The van der Waals surface area contributed by atoms with E-state index in [9.17, 15) is 4.79 Å². The Bertz CT molecular complexity index is 1380. The van der Waals surface area contributed by atoms with E-state index in [0.29, 0.717) is 21.3 Å². The molecule has 0 unspecified atom stereocenters. The number of ether oxygens (including phenoxy) is 1. The Morgan fingerprint density at radius 2 is 1.94 bits per heavy atom. The monoisotopic (exact) mass is 461 g/mol. The summed E-state index contributed by atoms with van der Waals surface area (Å²) >= 11 is 7.46. The third kappa shape index (κ3) is 4.32. The molecule has 0 spiro atoms. The molecule has 7 nitrogen and oxygen atoms in total. The molecule has 9 heteroatoms. The zero-order chi connectivity index (χ0) is 21.9. The van der Waals surface area contributed by atoms with Crippen molar-refractivity contribution < 1.29 is 9.53 Å². The van der Waals surface area contributed by atoms with Gasteiger partial charge in [0.05, 0.1) is 23.3 Å². The van der Waals surface area contributed by atoms with Crippen LogP contribution in [-0.2, 0) is 4.79 Å².